The highest BCUT2D eigenvalue weighted by Gasteiger charge is 2.33. The molecule has 0 saturated heterocycles. The fraction of sp³-hybridized carbons (Fsp3) is 0.333. The molecule has 1 unspecified atom stereocenters. The summed E-state index contributed by atoms with van der Waals surface area (Å²) >= 11 is 18.3. The molecule has 0 spiro atoms. The summed E-state index contributed by atoms with van der Waals surface area (Å²) < 4.78 is 39.0. The number of anilines is 1. The normalized spacial score (nSPS) is 19.3. The predicted octanol–water partition coefficient (Wildman–Crippen LogP) is 6.07. The van der Waals surface area contributed by atoms with Gasteiger partial charge in [-0.05, 0) is 36.3 Å². The molecule has 0 amide bonds. The van der Waals surface area contributed by atoms with Gasteiger partial charge in [0, 0.05) is 35.8 Å². The van der Waals surface area contributed by atoms with Crippen LogP contribution in [-0.2, 0) is 6.18 Å². The van der Waals surface area contributed by atoms with Gasteiger partial charge < -0.3 is 4.90 Å². The highest BCUT2D eigenvalue weighted by Crippen LogP contribution is 2.45. The van der Waals surface area contributed by atoms with Gasteiger partial charge in [-0.2, -0.15) is 13.2 Å². The lowest BCUT2D eigenvalue weighted by atomic mass is 9.89. The van der Waals surface area contributed by atoms with Crippen molar-refractivity contribution in [1.82, 2.24) is 0 Å². The molecule has 0 N–H and O–H groups in total. The first-order valence-electron chi connectivity index (χ1n) is 6.41. The van der Waals surface area contributed by atoms with E-state index in [4.69, 9.17) is 34.8 Å². The van der Waals surface area contributed by atoms with Crippen molar-refractivity contribution in [1.29, 1.82) is 0 Å². The van der Waals surface area contributed by atoms with Crippen molar-refractivity contribution in [2.75, 3.05) is 19.0 Å². The largest absolute Gasteiger partial charge is 0.416 e. The lowest BCUT2D eigenvalue weighted by Crippen LogP contribution is -2.16. The van der Waals surface area contributed by atoms with Crippen LogP contribution in [0.5, 0.6) is 0 Å². The van der Waals surface area contributed by atoms with E-state index in [0.29, 0.717) is 27.7 Å². The van der Waals surface area contributed by atoms with Crippen LogP contribution >= 0.6 is 34.8 Å². The Morgan fingerprint density at radius 2 is 1.77 bits per heavy atom. The summed E-state index contributed by atoms with van der Waals surface area (Å²) in [5.74, 6) is -0.494. The Labute approximate surface area is 141 Å². The molecule has 0 aliphatic heterocycles. The quantitative estimate of drug-likeness (QED) is 0.610. The Hall–Kier alpha value is -0.840. The van der Waals surface area contributed by atoms with Gasteiger partial charge in [0.1, 0.15) is 0 Å². The molecule has 7 heteroatoms. The van der Waals surface area contributed by atoms with Crippen LogP contribution in [0.4, 0.5) is 18.9 Å². The van der Waals surface area contributed by atoms with Crippen LogP contribution in [0.3, 0.4) is 0 Å². The molecular formula is C15H13Cl3F3N. The second-order valence-corrected chi connectivity index (χ2v) is 6.51. The second kappa shape index (κ2) is 6.34. The van der Waals surface area contributed by atoms with Crippen molar-refractivity contribution in [3.05, 3.63) is 50.5 Å². The summed E-state index contributed by atoms with van der Waals surface area (Å²) in [5, 5.41) is 1.01. The average Bonchev–Trinajstić information content (AvgIpc) is 2.41. The van der Waals surface area contributed by atoms with Gasteiger partial charge in [-0.25, -0.2) is 0 Å². The number of allylic oxidation sites excluding steroid dienone is 4. The molecular weight excluding hydrogens is 358 g/mol. The highest BCUT2D eigenvalue weighted by molar-refractivity contribution is 6.42. The van der Waals surface area contributed by atoms with Gasteiger partial charge in [-0.1, -0.05) is 34.8 Å². The number of benzene rings is 1. The molecule has 0 saturated carbocycles. The van der Waals surface area contributed by atoms with Crippen molar-refractivity contribution >= 4 is 40.5 Å². The zero-order valence-electron chi connectivity index (χ0n) is 11.8. The van der Waals surface area contributed by atoms with E-state index in [1.165, 1.54) is 12.1 Å². The molecule has 1 aromatic carbocycles. The van der Waals surface area contributed by atoms with Gasteiger partial charge in [0.15, 0.2) is 0 Å². The Morgan fingerprint density at radius 1 is 1.14 bits per heavy atom. The molecule has 2 rings (SSSR count). The lowest BCUT2D eigenvalue weighted by molar-refractivity contribution is -0.137. The van der Waals surface area contributed by atoms with Crippen LogP contribution in [-0.4, -0.2) is 14.1 Å². The van der Waals surface area contributed by atoms with Crippen LogP contribution in [0.25, 0.3) is 0 Å². The molecule has 22 heavy (non-hydrogen) atoms. The van der Waals surface area contributed by atoms with E-state index in [0.717, 1.165) is 12.1 Å². The minimum atomic E-state index is -4.42. The molecule has 0 heterocycles. The van der Waals surface area contributed by atoms with E-state index in [1.807, 2.05) is 0 Å². The summed E-state index contributed by atoms with van der Waals surface area (Å²) in [4.78, 5) is 1.74. The lowest BCUT2D eigenvalue weighted by Gasteiger charge is -2.27. The summed E-state index contributed by atoms with van der Waals surface area (Å²) in [5.41, 5.74) is 0.376. The SMILES string of the molecule is CN(C)c1ccc(C(F)(F)F)cc1C1CC(Cl)=CC(Cl)=C1Cl. The van der Waals surface area contributed by atoms with Crippen molar-refractivity contribution in [3.63, 3.8) is 0 Å². The highest BCUT2D eigenvalue weighted by atomic mass is 35.5. The maximum atomic E-state index is 13.0. The zero-order chi connectivity index (χ0) is 16.7. The van der Waals surface area contributed by atoms with E-state index in [-0.39, 0.29) is 5.03 Å². The number of hydrogen-bond donors (Lipinski definition) is 0. The number of halogens is 6. The minimum Gasteiger partial charge on any atom is -0.377 e. The maximum absolute atomic E-state index is 13.0. The van der Waals surface area contributed by atoms with Crippen molar-refractivity contribution in [2.24, 2.45) is 0 Å². The van der Waals surface area contributed by atoms with Crippen LogP contribution in [0.2, 0.25) is 0 Å². The average molecular weight is 371 g/mol. The van der Waals surface area contributed by atoms with Gasteiger partial charge >= 0.3 is 6.18 Å². The molecule has 1 aromatic rings. The van der Waals surface area contributed by atoms with Crippen LogP contribution < -0.4 is 4.90 Å². The summed E-state index contributed by atoms with van der Waals surface area (Å²) in [7, 11) is 3.51. The number of nitrogens with zero attached hydrogens (tertiary/aromatic N) is 1. The van der Waals surface area contributed by atoms with E-state index in [2.05, 4.69) is 0 Å². The van der Waals surface area contributed by atoms with E-state index in [1.54, 1.807) is 19.0 Å². The first-order chi connectivity index (χ1) is 10.1. The third-order valence-corrected chi connectivity index (χ3v) is 4.57. The van der Waals surface area contributed by atoms with E-state index >= 15 is 0 Å². The van der Waals surface area contributed by atoms with Gasteiger partial charge in [-0.15, -0.1) is 0 Å². The standard InChI is InChI=1S/C15H13Cl3F3N/c1-22(2)13-4-3-8(15(19,20)21)5-10(13)11-6-9(16)7-12(17)14(11)18/h3-5,7,11H,6H2,1-2H3. The summed E-state index contributed by atoms with van der Waals surface area (Å²) in [6, 6.07) is 3.60. The monoisotopic (exact) mass is 369 g/mol. The van der Waals surface area contributed by atoms with Gasteiger partial charge in [0.2, 0.25) is 0 Å². The van der Waals surface area contributed by atoms with Crippen LogP contribution in [0.15, 0.2) is 39.4 Å². The van der Waals surface area contributed by atoms with E-state index in [9.17, 15) is 13.2 Å². The molecule has 0 fully saturated rings. The van der Waals surface area contributed by atoms with Gasteiger partial charge in [0.05, 0.1) is 10.6 Å². The third kappa shape index (κ3) is 3.55. The first kappa shape index (κ1) is 17.5. The van der Waals surface area contributed by atoms with Crippen molar-refractivity contribution < 1.29 is 13.2 Å². The third-order valence-electron chi connectivity index (χ3n) is 3.43. The van der Waals surface area contributed by atoms with Crippen molar-refractivity contribution in [3.8, 4) is 0 Å². The fourth-order valence-electron chi connectivity index (χ4n) is 2.38. The molecule has 0 aromatic heterocycles. The topological polar surface area (TPSA) is 3.24 Å². The Bertz CT molecular complexity index is 648. The molecule has 1 aliphatic rings. The van der Waals surface area contributed by atoms with E-state index < -0.39 is 17.7 Å². The Kier molecular flexibility index (Phi) is 5.05. The molecule has 1 nitrogen and oxygen atoms in total. The fourth-order valence-corrected chi connectivity index (χ4v) is 3.21. The second-order valence-electron chi connectivity index (χ2n) is 5.21. The first-order valence-corrected chi connectivity index (χ1v) is 7.54. The summed E-state index contributed by atoms with van der Waals surface area (Å²) in [6.07, 6.45) is -2.59. The Morgan fingerprint density at radius 3 is 2.32 bits per heavy atom. The molecule has 1 atom stereocenters. The van der Waals surface area contributed by atoms with Crippen LogP contribution in [0, 0.1) is 0 Å². The number of alkyl halides is 3. The molecule has 1 aliphatic carbocycles. The molecule has 0 radical (unpaired) electrons. The smallest absolute Gasteiger partial charge is 0.377 e. The number of rotatable bonds is 2. The predicted molar refractivity (Wildman–Crippen MR) is 85.8 cm³/mol. The van der Waals surface area contributed by atoms with Gasteiger partial charge in [0.25, 0.3) is 0 Å². The maximum Gasteiger partial charge on any atom is 0.416 e. The van der Waals surface area contributed by atoms with Crippen molar-refractivity contribution in [2.45, 2.75) is 18.5 Å². The number of hydrogen-bond acceptors (Lipinski definition) is 1. The molecule has 120 valence electrons. The molecule has 0 bridgehead atoms. The Balaban J connectivity index is 2.60. The van der Waals surface area contributed by atoms with Crippen LogP contribution in [0.1, 0.15) is 23.5 Å². The minimum absolute atomic E-state index is 0.255. The van der Waals surface area contributed by atoms with Gasteiger partial charge in [-0.3, -0.25) is 0 Å². The zero-order valence-corrected chi connectivity index (χ0v) is 14.1. The summed E-state index contributed by atoms with van der Waals surface area (Å²) in [6.45, 7) is 0.